The molecular weight excluding hydrogens is 1060 g/mol. The van der Waals surface area contributed by atoms with E-state index in [1.807, 2.05) is 0 Å². The molecule has 0 fully saturated rings. The summed E-state index contributed by atoms with van der Waals surface area (Å²) in [6.45, 7) is 0. The van der Waals surface area contributed by atoms with Gasteiger partial charge in [-0.3, -0.25) is 13.7 Å². The second-order valence-corrected chi connectivity index (χ2v) is 16.6. The van der Waals surface area contributed by atoms with Crippen molar-refractivity contribution in [1.82, 2.24) is 0 Å². The molecule has 326 valence electrons. The van der Waals surface area contributed by atoms with Gasteiger partial charge in [-0.1, -0.05) is 23.7 Å². The Hall–Kier alpha value is -2.76. The van der Waals surface area contributed by atoms with Crippen molar-refractivity contribution in [2.45, 2.75) is 14.7 Å². The van der Waals surface area contributed by atoms with Gasteiger partial charge in [0.15, 0.2) is 17.2 Å². The van der Waals surface area contributed by atoms with Crippen molar-refractivity contribution in [2.24, 2.45) is 20.5 Å². The molecule has 6 rings (SSSR count). The van der Waals surface area contributed by atoms with Gasteiger partial charge in [-0.05, 0) is 83.6 Å². The summed E-state index contributed by atoms with van der Waals surface area (Å²) in [5.74, 6) is -3.82. The van der Waals surface area contributed by atoms with Crippen molar-refractivity contribution in [3.8, 4) is 17.2 Å². The zero-order valence-electron chi connectivity index (χ0n) is 32.5. The fraction of sp³-hybridized carbons (Fsp3) is 0. The largest absolute Gasteiger partial charge is 1.00 e. The number of hydrogen-bond acceptors (Lipinski definition) is 15. The Morgan fingerprint density at radius 1 is 0.547 bits per heavy atom. The Morgan fingerprint density at radius 2 is 0.984 bits per heavy atom. The summed E-state index contributed by atoms with van der Waals surface area (Å²) in [5, 5.41) is 60.3. The van der Waals surface area contributed by atoms with Gasteiger partial charge in [-0.15, -0.1) is 20.5 Å². The number of aromatic carboxylic acids is 1. The number of hydrogen-bond donors (Lipinski definition) is 9. The monoisotopic (exact) mass is 1080 g/mol. The number of urea groups is 1. The van der Waals surface area contributed by atoms with Crippen LogP contribution in [0.15, 0.2) is 120 Å². The summed E-state index contributed by atoms with van der Waals surface area (Å²) in [6.07, 6.45) is 0. The zero-order valence-corrected chi connectivity index (χ0v) is 43.6. The molecule has 21 nitrogen and oxygen atoms in total. The molecule has 0 spiro atoms. The number of phenolic OH excluding ortho intramolecular Hbond substituents is 3. The molecule has 0 bridgehead atoms. The normalized spacial score (nSPS) is 11.4. The number of halogens is 1. The molecule has 0 aliphatic rings. The SMILES string of the molecule is O=C(Nc1ccc2c(O)c(N=Nc3ccccc3C(=O)O)c(S(=O)(=O)O)cc2c1)Nc1ccc2c(O)c(N=Nc3cc(S(=O)(=O)O)cc(Cl)c3O)c(S(=O)(=O)O)cc2c1.[Cu].[Cu].[Na+].[Na+].[Na+]. The van der Waals surface area contributed by atoms with Crippen LogP contribution >= 0.6 is 11.6 Å². The number of fused-ring (bicyclic) bond motifs is 2. The minimum absolute atomic E-state index is 0. The molecule has 30 heteroatoms. The topological polar surface area (TPSA) is 352 Å². The van der Waals surface area contributed by atoms with Crippen molar-refractivity contribution in [3.05, 3.63) is 95.5 Å². The summed E-state index contributed by atoms with van der Waals surface area (Å²) >= 11 is 5.80. The molecule has 0 aliphatic heterocycles. The van der Waals surface area contributed by atoms with Crippen LogP contribution in [0.5, 0.6) is 17.2 Å². The van der Waals surface area contributed by atoms with Gasteiger partial charge in [-0.25, -0.2) is 9.59 Å². The minimum atomic E-state index is -5.18. The van der Waals surface area contributed by atoms with Crippen molar-refractivity contribution in [1.29, 1.82) is 0 Å². The van der Waals surface area contributed by atoms with Crippen molar-refractivity contribution < 1.29 is 192 Å². The van der Waals surface area contributed by atoms with Crippen LogP contribution in [0.1, 0.15) is 10.4 Å². The first-order chi connectivity index (χ1) is 27.5. The van der Waals surface area contributed by atoms with Crippen molar-refractivity contribution in [2.75, 3.05) is 10.6 Å². The zero-order chi connectivity index (χ0) is 43.2. The number of azo groups is 2. The molecule has 0 saturated heterocycles. The standard InChI is InChI=1S/C34H23ClN6O15S3.2Cu.3Na/c35-23-13-19(57(48,49)50)14-25(32(23)44)39-41-29-27(59(54,55)56)12-16-10-18(6-8-21(16)31(29)43)37-34(47)36-17-5-7-20-15(9-17)11-26(58(51,52)53)28(30(20)42)40-38-24-4-2-1-3-22(24)33(45)46;;;;;/h1-14,42-44H,(H,45,46)(H2,36,37,47)(H,48,49,50)(H,51,52,53)(H,54,55,56);;;;;/q;;;3*+1. The van der Waals surface area contributed by atoms with E-state index in [0.29, 0.717) is 12.1 Å². The number of aromatic hydroxyl groups is 3. The Kier molecular flexibility index (Phi) is 21.6. The first-order valence-electron chi connectivity index (χ1n) is 15.8. The summed E-state index contributed by atoms with van der Waals surface area (Å²) in [4.78, 5) is 21.9. The maximum atomic E-state index is 13.0. The average Bonchev–Trinajstić information content (AvgIpc) is 3.14. The molecule has 9 N–H and O–H groups in total. The number of benzene rings is 6. The molecule has 6 aromatic rings. The van der Waals surface area contributed by atoms with Crippen LogP contribution in [0.2, 0.25) is 5.02 Å². The van der Waals surface area contributed by atoms with Gasteiger partial charge in [-0.2, -0.15) is 25.3 Å². The van der Waals surface area contributed by atoms with Crippen LogP contribution < -0.4 is 99.3 Å². The minimum Gasteiger partial charge on any atom is -0.505 e. The van der Waals surface area contributed by atoms with E-state index < -0.39 is 96.4 Å². The average molecular weight is 1080 g/mol. The summed E-state index contributed by atoms with van der Waals surface area (Å²) in [5.41, 5.74) is -2.68. The first kappa shape index (κ1) is 59.3. The maximum Gasteiger partial charge on any atom is 1.00 e. The second kappa shape index (κ2) is 23.3. The van der Waals surface area contributed by atoms with E-state index in [1.54, 1.807) is 0 Å². The molecule has 0 unspecified atom stereocenters. The van der Waals surface area contributed by atoms with Crippen LogP contribution in [-0.4, -0.2) is 71.3 Å². The van der Waals surface area contributed by atoms with Crippen LogP contribution in [-0.2, 0) is 64.5 Å². The fourth-order valence-electron chi connectivity index (χ4n) is 5.47. The number of carbonyl (C=O) groups excluding carboxylic acids is 1. The second-order valence-electron chi connectivity index (χ2n) is 12.0. The Bertz CT molecular complexity index is 3230. The molecule has 0 aliphatic carbocycles. The van der Waals surface area contributed by atoms with Gasteiger partial charge in [0, 0.05) is 56.3 Å². The number of carboxylic acid groups (broad SMARTS) is 1. The number of anilines is 2. The summed E-state index contributed by atoms with van der Waals surface area (Å²) < 4.78 is 102. The smallest absolute Gasteiger partial charge is 0.505 e. The van der Waals surface area contributed by atoms with E-state index in [0.717, 1.165) is 12.1 Å². The third kappa shape index (κ3) is 13.4. The van der Waals surface area contributed by atoms with Gasteiger partial charge >= 0.3 is 101 Å². The van der Waals surface area contributed by atoms with Gasteiger partial charge in [0.05, 0.1) is 15.5 Å². The third-order valence-electron chi connectivity index (χ3n) is 8.14. The number of rotatable bonds is 10. The third-order valence-corrected chi connectivity index (χ3v) is 11.0. The van der Waals surface area contributed by atoms with Crippen LogP contribution in [0.3, 0.4) is 0 Å². The van der Waals surface area contributed by atoms with Crippen molar-refractivity contribution >= 4 is 110 Å². The molecule has 0 saturated carbocycles. The van der Waals surface area contributed by atoms with Gasteiger partial charge in [0.1, 0.15) is 32.5 Å². The summed E-state index contributed by atoms with van der Waals surface area (Å²) in [7, 11) is -15.1. The molecule has 2 amide bonds. The van der Waals surface area contributed by atoms with Crippen molar-refractivity contribution in [3.63, 3.8) is 0 Å². The van der Waals surface area contributed by atoms with E-state index in [1.165, 1.54) is 60.7 Å². The maximum absolute atomic E-state index is 13.0. The quantitative estimate of drug-likeness (QED) is 0.0437. The number of nitrogens with zero attached hydrogens (tertiary/aromatic N) is 4. The molecule has 6 aromatic carbocycles. The number of amides is 2. The molecular formula is C34H23ClCu2N6Na3O15S3+3. The molecule has 64 heavy (non-hydrogen) atoms. The molecule has 2 radical (unpaired) electrons. The van der Waals surface area contributed by atoms with E-state index in [-0.39, 0.29) is 167 Å². The Labute approximate surface area is 454 Å². The van der Waals surface area contributed by atoms with E-state index in [9.17, 15) is 68.9 Å². The van der Waals surface area contributed by atoms with E-state index in [4.69, 9.17) is 11.6 Å². The molecule has 0 aromatic heterocycles. The van der Waals surface area contributed by atoms with Gasteiger partial charge < -0.3 is 31.1 Å². The predicted molar refractivity (Wildman–Crippen MR) is 208 cm³/mol. The van der Waals surface area contributed by atoms with Crippen LogP contribution in [0, 0.1) is 0 Å². The Balaban J connectivity index is 0.00000410. The predicted octanol–water partition coefficient (Wildman–Crippen LogP) is -1.32. The number of carbonyl (C=O) groups is 2. The Morgan fingerprint density at radius 3 is 1.41 bits per heavy atom. The van der Waals surface area contributed by atoms with Crippen LogP contribution in [0.4, 0.5) is 38.9 Å². The number of carboxylic acids is 1. The summed E-state index contributed by atoms with van der Waals surface area (Å²) in [6, 6.07) is 15.0. The van der Waals surface area contributed by atoms with E-state index in [2.05, 4.69) is 31.1 Å². The molecule has 0 heterocycles. The van der Waals surface area contributed by atoms with Gasteiger partial charge in [0.2, 0.25) is 0 Å². The number of phenols is 3. The molecule has 0 atom stereocenters. The number of nitrogens with one attached hydrogen (secondary N) is 2. The fourth-order valence-corrected chi connectivity index (χ4v) is 7.60. The van der Waals surface area contributed by atoms with E-state index >= 15 is 0 Å². The van der Waals surface area contributed by atoms with Gasteiger partial charge in [0.25, 0.3) is 30.4 Å². The first-order valence-corrected chi connectivity index (χ1v) is 20.5. The van der Waals surface area contributed by atoms with Crippen LogP contribution in [0.25, 0.3) is 21.5 Å².